The molecule has 0 fully saturated rings. The summed E-state index contributed by atoms with van der Waals surface area (Å²) in [6, 6.07) is 0. The third kappa shape index (κ3) is 50.5. The summed E-state index contributed by atoms with van der Waals surface area (Å²) >= 11 is 46.2. The van der Waals surface area contributed by atoms with Crippen LogP contribution < -0.4 is 15.3 Å². The van der Waals surface area contributed by atoms with Gasteiger partial charge in [0.2, 0.25) is 11.4 Å². The third-order valence-corrected chi connectivity index (χ3v) is 2.36. The quantitative estimate of drug-likeness (QED) is 0.273. The summed E-state index contributed by atoms with van der Waals surface area (Å²) in [5, 5.41) is 29.0. The predicted octanol–water partition coefficient (Wildman–Crippen LogP) is 1.99. The summed E-state index contributed by atoms with van der Waals surface area (Å²) in [5.41, 5.74) is 0. The number of hydrogen-bond acceptors (Lipinski definition) is 6. The molecule has 0 aliphatic heterocycles. The van der Waals surface area contributed by atoms with Gasteiger partial charge in [-0.25, -0.2) is 0 Å². The van der Waals surface area contributed by atoms with Gasteiger partial charge in [-0.1, -0.05) is 104 Å². The van der Waals surface area contributed by atoms with Crippen LogP contribution in [0.2, 0.25) is 0 Å². The molecule has 157 valence electrons. The second-order valence-corrected chi connectivity index (χ2v) is 10.7. The van der Waals surface area contributed by atoms with E-state index in [2.05, 4.69) is 0 Å². The standard InChI is InChI=1S/3C4H3Cl3O2.Ti/c3*5-4(6,7)2-1-3(8)9;/h3*1-2H,(H,8,9);/q;;;+3/p-3. The van der Waals surface area contributed by atoms with Crippen molar-refractivity contribution in [3.05, 3.63) is 36.5 Å². The Kier molecular flexibility index (Phi) is 22.9. The van der Waals surface area contributed by atoms with Gasteiger partial charge in [0.05, 0.1) is 17.9 Å². The molecule has 0 amide bonds. The second-order valence-electron chi connectivity index (χ2n) is 3.58. The Bertz CT molecular complexity index is 493. The molecule has 0 heterocycles. The van der Waals surface area contributed by atoms with Gasteiger partial charge in [-0.2, -0.15) is 0 Å². The molecule has 28 heavy (non-hydrogen) atoms. The van der Waals surface area contributed by atoms with Crippen LogP contribution in [-0.4, -0.2) is 29.3 Å². The van der Waals surface area contributed by atoms with E-state index in [9.17, 15) is 29.7 Å². The van der Waals surface area contributed by atoms with Crippen molar-refractivity contribution in [3.63, 3.8) is 0 Å². The van der Waals surface area contributed by atoms with Gasteiger partial charge in [0, 0.05) is 0 Å². The zero-order valence-corrected chi connectivity index (χ0v) is 21.2. The van der Waals surface area contributed by atoms with Crippen LogP contribution in [0.3, 0.4) is 0 Å². The average molecular weight is 613 g/mol. The number of halogens is 9. The topological polar surface area (TPSA) is 120 Å². The summed E-state index contributed by atoms with van der Waals surface area (Å²) in [4.78, 5) is 29.0. The maximum atomic E-state index is 9.67. The van der Waals surface area contributed by atoms with Crippen LogP contribution in [-0.2, 0) is 36.1 Å². The van der Waals surface area contributed by atoms with Gasteiger partial charge in [0.25, 0.3) is 0 Å². The largest absolute Gasteiger partial charge is 3.00 e. The predicted molar refractivity (Wildman–Crippen MR) is 103 cm³/mol. The first kappa shape index (κ1) is 36.3. The minimum atomic E-state index is -1.65. The van der Waals surface area contributed by atoms with Gasteiger partial charge < -0.3 is 29.7 Å². The summed E-state index contributed by atoms with van der Waals surface area (Å²) < 4.78 is -4.96. The first-order valence-electron chi connectivity index (χ1n) is 5.66. The number of carboxylic acid groups (broad SMARTS) is 3. The zero-order chi connectivity index (χ0) is 22.5. The summed E-state index contributed by atoms with van der Waals surface area (Å²) in [6.07, 6.45) is 4.67. The van der Waals surface area contributed by atoms with Crippen LogP contribution in [0.25, 0.3) is 0 Å². The van der Waals surface area contributed by atoms with Gasteiger partial charge in [-0.05, 0) is 36.5 Å². The van der Waals surface area contributed by atoms with Gasteiger partial charge >= 0.3 is 21.7 Å². The van der Waals surface area contributed by atoms with Crippen LogP contribution in [0.4, 0.5) is 0 Å². The molecule has 0 aromatic carbocycles. The Hall–Kier alpha value is 0.954. The number of alkyl halides is 9. The first-order chi connectivity index (χ1) is 11.7. The number of rotatable bonds is 3. The van der Waals surface area contributed by atoms with Crippen molar-refractivity contribution in [2.45, 2.75) is 11.4 Å². The number of carbonyl (C=O) groups is 3. The molecule has 0 saturated carbocycles. The van der Waals surface area contributed by atoms with E-state index in [1.165, 1.54) is 0 Å². The monoisotopic (exact) mass is 609 g/mol. The number of aliphatic carboxylic acids is 3. The fourth-order valence-corrected chi connectivity index (χ4v) is 1.05. The molecule has 16 heteroatoms. The van der Waals surface area contributed by atoms with Crippen molar-refractivity contribution in [2.24, 2.45) is 0 Å². The minimum Gasteiger partial charge on any atom is -0.545 e. The summed E-state index contributed by atoms with van der Waals surface area (Å²) in [6.45, 7) is 0. The zero-order valence-electron chi connectivity index (χ0n) is 12.8. The van der Waals surface area contributed by atoms with E-state index < -0.39 is 29.3 Å². The molecule has 1 radical (unpaired) electrons. The van der Waals surface area contributed by atoms with Crippen LogP contribution in [0, 0.1) is 0 Å². The van der Waals surface area contributed by atoms with Crippen LogP contribution in [0.15, 0.2) is 36.5 Å². The summed E-state index contributed by atoms with van der Waals surface area (Å²) in [7, 11) is 0. The molecular formula is C12H6Cl9O6Ti. The molecular weight excluding hydrogens is 607 g/mol. The normalized spacial score (nSPS) is 11.9. The van der Waals surface area contributed by atoms with E-state index in [-0.39, 0.29) is 21.7 Å². The fourth-order valence-electron chi connectivity index (χ4n) is 0.488. The van der Waals surface area contributed by atoms with Gasteiger partial charge in [-0.15, -0.1) is 0 Å². The Morgan fingerprint density at radius 2 is 0.643 bits per heavy atom. The van der Waals surface area contributed by atoms with E-state index in [1.807, 2.05) is 0 Å². The fraction of sp³-hybridized carbons (Fsp3) is 0.250. The molecule has 0 aromatic heterocycles. The molecule has 0 saturated heterocycles. The van der Waals surface area contributed by atoms with Crippen molar-refractivity contribution in [3.8, 4) is 0 Å². The number of hydrogen-bond donors (Lipinski definition) is 0. The Morgan fingerprint density at radius 1 is 0.500 bits per heavy atom. The smallest absolute Gasteiger partial charge is 0.545 e. The first-order valence-corrected chi connectivity index (χ1v) is 9.06. The second kappa shape index (κ2) is 17.6. The van der Waals surface area contributed by atoms with Crippen molar-refractivity contribution < 1.29 is 51.4 Å². The van der Waals surface area contributed by atoms with E-state index in [0.717, 1.165) is 18.2 Å². The van der Waals surface area contributed by atoms with Gasteiger partial charge in [0.15, 0.2) is 0 Å². The Labute approximate surface area is 219 Å². The maximum Gasteiger partial charge on any atom is 3.00 e. The SMILES string of the molecule is O=C([O-])C=CC(Cl)(Cl)Cl.O=C([O-])C=CC(Cl)(Cl)Cl.O=C([O-])C=CC(Cl)(Cl)Cl.[Ti+3]. The maximum absolute atomic E-state index is 9.67. The minimum absolute atomic E-state index is 0. The Balaban J connectivity index is -0.000000152. The van der Waals surface area contributed by atoms with Crippen LogP contribution in [0.5, 0.6) is 0 Å². The molecule has 0 unspecified atom stereocenters. The van der Waals surface area contributed by atoms with E-state index >= 15 is 0 Å². The van der Waals surface area contributed by atoms with E-state index in [4.69, 9.17) is 104 Å². The molecule has 0 N–H and O–H groups in total. The van der Waals surface area contributed by atoms with Crippen molar-refractivity contribution in [1.82, 2.24) is 0 Å². The number of carbonyl (C=O) groups excluding carboxylic acids is 3. The van der Waals surface area contributed by atoms with Crippen molar-refractivity contribution >= 4 is 122 Å². The number of carboxylic acids is 3. The summed E-state index contributed by atoms with van der Waals surface area (Å²) in [5.74, 6) is -4.16. The molecule has 0 aliphatic rings. The molecule has 0 atom stereocenters. The molecule has 0 rings (SSSR count). The average Bonchev–Trinajstić information content (AvgIpc) is 2.40. The molecule has 0 spiro atoms. The van der Waals surface area contributed by atoms with Gasteiger partial charge in [0.1, 0.15) is 0 Å². The van der Waals surface area contributed by atoms with Gasteiger partial charge in [-0.3, -0.25) is 0 Å². The molecule has 0 aliphatic carbocycles. The van der Waals surface area contributed by atoms with E-state index in [0.29, 0.717) is 18.2 Å². The Morgan fingerprint density at radius 3 is 0.679 bits per heavy atom. The third-order valence-electron chi connectivity index (χ3n) is 1.23. The number of allylic oxidation sites excluding steroid dienone is 3. The van der Waals surface area contributed by atoms with Crippen molar-refractivity contribution in [2.75, 3.05) is 0 Å². The molecule has 0 bridgehead atoms. The molecule has 0 aromatic rings. The van der Waals surface area contributed by atoms with Crippen molar-refractivity contribution in [1.29, 1.82) is 0 Å². The van der Waals surface area contributed by atoms with E-state index in [1.54, 1.807) is 0 Å². The molecule has 6 nitrogen and oxygen atoms in total. The van der Waals surface area contributed by atoms with Crippen LogP contribution >= 0.6 is 104 Å². The van der Waals surface area contributed by atoms with Crippen LogP contribution in [0.1, 0.15) is 0 Å².